The van der Waals surface area contributed by atoms with E-state index in [0.717, 1.165) is 19.4 Å². The first kappa shape index (κ1) is 8.93. The Hall–Kier alpha value is -1.65. The van der Waals surface area contributed by atoms with Crippen LogP contribution in [-0.2, 0) is 6.54 Å². The molecule has 2 heterocycles. The number of H-pyrrole nitrogens is 1. The van der Waals surface area contributed by atoms with Crippen molar-refractivity contribution in [3.63, 3.8) is 0 Å². The number of aromatic nitrogens is 4. The van der Waals surface area contributed by atoms with Crippen LogP contribution in [0.15, 0.2) is 17.3 Å². The zero-order chi connectivity index (χ0) is 9.97. The van der Waals surface area contributed by atoms with Gasteiger partial charge in [-0.15, -0.1) is 0 Å². The molecular formula is C9H12N4O. The van der Waals surface area contributed by atoms with Crippen LogP contribution in [0.3, 0.4) is 0 Å². The van der Waals surface area contributed by atoms with Gasteiger partial charge in [-0.05, 0) is 6.42 Å². The monoisotopic (exact) mass is 192 g/mol. The van der Waals surface area contributed by atoms with E-state index in [1.54, 1.807) is 10.9 Å². The number of aryl methyl sites for hydroxylation is 1. The van der Waals surface area contributed by atoms with E-state index < -0.39 is 0 Å². The van der Waals surface area contributed by atoms with Gasteiger partial charge in [0, 0.05) is 6.54 Å². The van der Waals surface area contributed by atoms with E-state index in [0.29, 0.717) is 11.0 Å². The molecule has 0 radical (unpaired) electrons. The SMILES string of the molecule is CCCCn1ncc2c(=O)[nH]cnc21. The fraction of sp³-hybridized carbons (Fsp3) is 0.444. The van der Waals surface area contributed by atoms with Crippen LogP contribution >= 0.6 is 0 Å². The van der Waals surface area contributed by atoms with E-state index >= 15 is 0 Å². The Balaban J connectivity index is 2.47. The van der Waals surface area contributed by atoms with Gasteiger partial charge >= 0.3 is 0 Å². The van der Waals surface area contributed by atoms with Gasteiger partial charge in [0.1, 0.15) is 5.39 Å². The topological polar surface area (TPSA) is 63.6 Å². The van der Waals surface area contributed by atoms with E-state index in [2.05, 4.69) is 22.0 Å². The van der Waals surface area contributed by atoms with Crippen molar-refractivity contribution >= 4 is 11.0 Å². The summed E-state index contributed by atoms with van der Waals surface area (Å²) in [6.45, 7) is 2.93. The Morgan fingerprint density at radius 1 is 1.57 bits per heavy atom. The van der Waals surface area contributed by atoms with Crippen molar-refractivity contribution in [3.05, 3.63) is 22.9 Å². The quantitative estimate of drug-likeness (QED) is 0.786. The molecule has 0 amide bonds. The summed E-state index contributed by atoms with van der Waals surface area (Å²) in [4.78, 5) is 17.9. The van der Waals surface area contributed by atoms with Gasteiger partial charge in [-0.1, -0.05) is 13.3 Å². The van der Waals surface area contributed by atoms with E-state index in [1.807, 2.05) is 0 Å². The Labute approximate surface area is 80.8 Å². The van der Waals surface area contributed by atoms with Crippen LogP contribution in [0, 0.1) is 0 Å². The van der Waals surface area contributed by atoms with Crippen molar-refractivity contribution in [3.8, 4) is 0 Å². The number of nitrogens with zero attached hydrogens (tertiary/aromatic N) is 3. The van der Waals surface area contributed by atoms with Gasteiger partial charge in [0.2, 0.25) is 0 Å². The Kier molecular flexibility index (Phi) is 2.30. The van der Waals surface area contributed by atoms with Gasteiger partial charge in [0.15, 0.2) is 5.65 Å². The minimum atomic E-state index is -0.127. The Morgan fingerprint density at radius 3 is 3.21 bits per heavy atom. The molecular weight excluding hydrogens is 180 g/mol. The second kappa shape index (κ2) is 3.61. The zero-order valence-corrected chi connectivity index (χ0v) is 8.03. The van der Waals surface area contributed by atoms with Crippen molar-refractivity contribution < 1.29 is 0 Å². The number of unbranched alkanes of at least 4 members (excludes halogenated alkanes) is 1. The molecule has 0 aliphatic rings. The number of nitrogens with one attached hydrogen (secondary N) is 1. The average Bonchev–Trinajstić information content (AvgIpc) is 2.60. The van der Waals surface area contributed by atoms with Crippen LogP contribution in [-0.4, -0.2) is 19.7 Å². The van der Waals surface area contributed by atoms with Crippen LogP contribution in [0.5, 0.6) is 0 Å². The molecule has 0 saturated carbocycles. The summed E-state index contributed by atoms with van der Waals surface area (Å²) < 4.78 is 1.77. The molecule has 2 aromatic rings. The van der Waals surface area contributed by atoms with Gasteiger partial charge in [-0.2, -0.15) is 5.10 Å². The molecule has 1 N–H and O–H groups in total. The molecule has 0 fully saturated rings. The lowest BCUT2D eigenvalue weighted by molar-refractivity contribution is 0.584. The Morgan fingerprint density at radius 2 is 2.43 bits per heavy atom. The van der Waals surface area contributed by atoms with Gasteiger partial charge in [0.25, 0.3) is 5.56 Å². The highest BCUT2D eigenvalue weighted by atomic mass is 16.1. The third-order valence-corrected chi connectivity index (χ3v) is 2.16. The number of rotatable bonds is 3. The Bertz CT molecular complexity index is 485. The van der Waals surface area contributed by atoms with Crippen LogP contribution in [0.4, 0.5) is 0 Å². The van der Waals surface area contributed by atoms with E-state index in [4.69, 9.17) is 0 Å². The summed E-state index contributed by atoms with van der Waals surface area (Å²) in [6.07, 6.45) is 5.13. The second-order valence-electron chi connectivity index (χ2n) is 3.19. The first-order chi connectivity index (χ1) is 6.83. The highest BCUT2D eigenvalue weighted by Gasteiger charge is 2.05. The van der Waals surface area contributed by atoms with Gasteiger partial charge in [-0.3, -0.25) is 4.79 Å². The fourth-order valence-electron chi connectivity index (χ4n) is 1.38. The van der Waals surface area contributed by atoms with E-state index in [9.17, 15) is 4.79 Å². The number of aromatic amines is 1. The summed E-state index contributed by atoms with van der Waals surface area (Å²) in [6, 6.07) is 0. The summed E-state index contributed by atoms with van der Waals surface area (Å²) in [5, 5.41) is 4.69. The predicted octanol–water partition coefficient (Wildman–Crippen LogP) is 0.920. The van der Waals surface area contributed by atoms with Crippen molar-refractivity contribution in [2.75, 3.05) is 0 Å². The largest absolute Gasteiger partial charge is 0.312 e. The molecule has 2 aromatic heterocycles. The van der Waals surface area contributed by atoms with E-state index in [1.165, 1.54) is 6.33 Å². The predicted molar refractivity (Wildman–Crippen MR) is 53.1 cm³/mol. The number of hydrogen-bond donors (Lipinski definition) is 1. The third-order valence-electron chi connectivity index (χ3n) is 2.16. The van der Waals surface area contributed by atoms with Crippen LogP contribution < -0.4 is 5.56 Å². The van der Waals surface area contributed by atoms with Crippen molar-refractivity contribution in [2.24, 2.45) is 0 Å². The lowest BCUT2D eigenvalue weighted by Gasteiger charge is -1.99. The first-order valence-electron chi connectivity index (χ1n) is 4.72. The second-order valence-corrected chi connectivity index (χ2v) is 3.19. The molecule has 0 aliphatic heterocycles. The maximum Gasteiger partial charge on any atom is 0.261 e. The van der Waals surface area contributed by atoms with Crippen molar-refractivity contribution in [1.29, 1.82) is 0 Å². The number of fused-ring (bicyclic) bond motifs is 1. The molecule has 5 heteroatoms. The summed E-state index contributed by atoms with van der Waals surface area (Å²) in [7, 11) is 0. The smallest absolute Gasteiger partial charge is 0.261 e. The molecule has 5 nitrogen and oxygen atoms in total. The summed E-state index contributed by atoms with van der Waals surface area (Å²) >= 11 is 0. The minimum absolute atomic E-state index is 0.127. The van der Waals surface area contributed by atoms with Crippen LogP contribution in [0.2, 0.25) is 0 Å². The molecule has 14 heavy (non-hydrogen) atoms. The highest BCUT2D eigenvalue weighted by molar-refractivity contribution is 5.72. The summed E-state index contributed by atoms with van der Waals surface area (Å²) in [5.74, 6) is 0. The molecule has 0 bridgehead atoms. The molecule has 0 saturated heterocycles. The van der Waals surface area contributed by atoms with Crippen LogP contribution in [0.1, 0.15) is 19.8 Å². The van der Waals surface area contributed by atoms with Gasteiger partial charge in [0.05, 0.1) is 12.5 Å². The summed E-state index contributed by atoms with van der Waals surface area (Å²) in [5.41, 5.74) is 0.542. The lowest BCUT2D eigenvalue weighted by Crippen LogP contribution is -2.07. The van der Waals surface area contributed by atoms with Crippen LogP contribution in [0.25, 0.3) is 11.0 Å². The standard InChI is InChI=1S/C9H12N4O/c1-2-3-4-13-8-7(5-12-13)9(14)11-6-10-8/h5-6H,2-4H2,1H3,(H,10,11,14). The lowest BCUT2D eigenvalue weighted by atomic mass is 10.3. The first-order valence-corrected chi connectivity index (χ1v) is 4.72. The molecule has 0 atom stereocenters. The maximum absolute atomic E-state index is 11.3. The fourth-order valence-corrected chi connectivity index (χ4v) is 1.38. The van der Waals surface area contributed by atoms with E-state index in [-0.39, 0.29) is 5.56 Å². The maximum atomic E-state index is 11.3. The average molecular weight is 192 g/mol. The van der Waals surface area contributed by atoms with Gasteiger partial charge < -0.3 is 4.98 Å². The molecule has 2 rings (SSSR count). The normalized spacial score (nSPS) is 10.9. The zero-order valence-electron chi connectivity index (χ0n) is 8.03. The third kappa shape index (κ3) is 1.41. The van der Waals surface area contributed by atoms with Crippen molar-refractivity contribution in [2.45, 2.75) is 26.3 Å². The molecule has 0 aromatic carbocycles. The molecule has 74 valence electrons. The number of hydrogen-bond acceptors (Lipinski definition) is 3. The van der Waals surface area contributed by atoms with Crippen molar-refractivity contribution in [1.82, 2.24) is 19.7 Å². The molecule has 0 spiro atoms. The molecule has 0 aliphatic carbocycles. The van der Waals surface area contributed by atoms with Gasteiger partial charge in [-0.25, -0.2) is 9.67 Å². The molecule has 0 unspecified atom stereocenters. The highest BCUT2D eigenvalue weighted by Crippen LogP contribution is 2.05. The minimum Gasteiger partial charge on any atom is -0.312 e.